The Hall–Kier alpha value is -1.55. The Kier molecular flexibility index (Phi) is 4.10. The predicted octanol–water partition coefficient (Wildman–Crippen LogP) is 2.07. The van der Waals surface area contributed by atoms with Gasteiger partial charge in [0.2, 0.25) is 0 Å². The van der Waals surface area contributed by atoms with Crippen LogP contribution in [0.2, 0.25) is 0 Å². The minimum absolute atomic E-state index is 0.0881. The van der Waals surface area contributed by atoms with Gasteiger partial charge in [-0.05, 0) is 19.4 Å². The largest absolute Gasteiger partial charge is 0.489 e. The number of carbonyl (C=O) groups excluding carboxylic acids is 1. The molecule has 1 amide bonds. The van der Waals surface area contributed by atoms with E-state index >= 15 is 0 Å². The molecule has 4 heteroatoms. The molecule has 104 valence electrons. The molecule has 0 bridgehead atoms. The molecule has 0 spiro atoms. The summed E-state index contributed by atoms with van der Waals surface area (Å²) >= 11 is 0. The molecule has 1 aliphatic heterocycles. The first-order valence-corrected chi connectivity index (χ1v) is 6.80. The van der Waals surface area contributed by atoms with E-state index in [-0.39, 0.29) is 18.6 Å². The van der Waals surface area contributed by atoms with E-state index in [1.165, 1.54) is 0 Å². The quantitative estimate of drug-likeness (QED) is 0.874. The molecular weight excluding hydrogens is 242 g/mol. The van der Waals surface area contributed by atoms with Gasteiger partial charge in [0.15, 0.2) is 0 Å². The maximum Gasteiger partial charge on any atom is 0.255 e. The van der Waals surface area contributed by atoms with E-state index in [1.54, 1.807) is 6.07 Å². The first-order chi connectivity index (χ1) is 9.04. The molecule has 1 aromatic rings. The van der Waals surface area contributed by atoms with Crippen LogP contribution in [0.15, 0.2) is 18.2 Å². The summed E-state index contributed by atoms with van der Waals surface area (Å²) in [7, 11) is 0. The first-order valence-electron chi connectivity index (χ1n) is 6.80. The van der Waals surface area contributed by atoms with E-state index in [0.29, 0.717) is 23.7 Å². The molecule has 4 nitrogen and oxygen atoms in total. The molecule has 19 heavy (non-hydrogen) atoms. The molecule has 0 aliphatic carbocycles. The number of para-hydroxylation sites is 1. The van der Waals surface area contributed by atoms with Crippen molar-refractivity contribution < 1.29 is 14.6 Å². The monoisotopic (exact) mass is 263 g/mol. The van der Waals surface area contributed by atoms with Crippen LogP contribution in [0, 0.1) is 0 Å². The number of carbonyl (C=O) groups is 1. The summed E-state index contributed by atoms with van der Waals surface area (Å²) in [6.07, 6.45) is 0.210. The molecule has 0 saturated heterocycles. The molecule has 0 radical (unpaired) electrons. The topological polar surface area (TPSA) is 58.6 Å². The molecule has 1 aliphatic rings. The average Bonchev–Trinajstić information content (AvgIpc) is 2.71. The van der Waals surface area contributed by atoms with Gasteiger partial charge in [-0.3, -0.25) is 4.79 Å². The highest BCUT2D eigenvalue weighted by Crippen LogP contribution is 2.40. The van der Waals surface area contributed by atoms with Crippen molar-refractivity contribution in [2.45, 2.75) is 45.3 Å². The van der Waals surface area contributed by atoms with Gasteiger partial charge in [0.1, 0.15) is 11.9 Å². The summed E-state index contributed by atoms with van der Waals surface area (Å²) in [6, 6.07) is 5.64. The molecule has 0 fully saturated rings. The molecule has 3 atom stereocenters. The lowest BCUT2D eigenvalue weighted by Gasteiger charge is -2.12. The second kappa shape index (κ2) is 5.61. The van der Waals surface area contributed by atoms with Crippen LogP contribution in [-0.2, 0) is 0 Å². The van der Waals surface area contributed by atoms with Crippen molar-refractivity contribution in [2.75, 3.05) is 6.54 Å². The highest BCUT2D eigenvalue weighted by atomic mass is 16.5. The second-order valence-electron chi connectivity index (χ2n) is 5.11. The number of hydrogen-bond acceptors (Lipinski definition) is 3. The predicted molar refractivity (Wildman–Crippen MR) is 73.6 cm³/mol. The van der Waals surface area contributed by atoms with Crippen LogP contribution in [0.3, 0.4) is 0 Å². The number of aliphatic hydroxyl groups excluding tert-OH is 1. The Morgan fingerprint density at radius 1 is 1.47 bits per heavy atom. The van der Waals surface area contributed by atoms with Crippen LogP contribution in [0.5, 0.6) is 5.75 Å². The second-order valence-corrected chi connectivity index (χ2v) is 5.11. The summed E-state index contributed by atoms with van der Waals surface area (Å²) < 4.78 is 5.78. The van der Waals surface area contributed by atoms with Crippen molar-refractivity contribution in [1.29, 1.82) is 0 Å². The molecular formula is C15H21NO3. The van der Waals surface area contributed by atoms with Crippen LogP contribution in [0.25, 0.3) is 0 Å². The maximum atomic E-state index is 12.1. The summed E-state index contributed by atoms with van der Waals surface area (Å²) in [5.74, 6) is 0.792. The van der Waals surface area contributed by atoms with E-state index in [0.717, 1.165) is 5.56 Å². The normalized spacial score (nSPS) is 22.5. The Balaban J connectivity index is 2.16. The molecule has 1 aromatic carbocycles. The van der Waals surface area contributed by atoms with Gasteiger partial charge in [0, 0.05) is 18.0 Å². The van der Waals surface area contributed by atoms with Gasteiger partial charge in [0.05, 0.1) is 11.7 Å². The lowest BCUT2D eigenvalue weighted by molar-refractivity contribution is 0.0909. The number of hydrogen-bond donors (Lipinski definition) is 2. The molecule has 0 saturated carbocycles. The van der Waals surface area contributed by atoms with Crippen LogP contribution >= 0.6 is 0 Å². The molecule has 1 heterocycles. The Morgan fingerprint density at radius 3 is 2.89 bits per heavy atom. The molecule has 3 unspecified atom stereocenters. The SMILES string of the molecule is CCC(O)CNC(=O)c1cccc2c1OC(C)C2C. The van der Waals surface area contributed by atoms with Gasteiger partial charge in [0.25, 0.3) is 5.91 Å². The maximum absolute atomic E-state index is 12.1. The van der Waals surface area contributed by atoms with Gasteiger partial charge in [-0.2, -0.15) is 0 Å². The summed E-state index contributed by atoms with van der Waals surface area (Å²) in [6.45, 7) is 6.25. The Morgan fingerprint density at radius 2 is 2.21 bits per heavy atom. The fraction of sp³-hybridized carbons (Fsp3) is 0.533. The summed E-state index contributed by atoms with van der Waals surface area (Å²) in [4.78, 5) is 12.1. The molecule has 0 aromatic heterocycles. The average molecular weight is 263 g/mol. The van der Waals surface area contributed by atoms with Crippen molar-refractivity contribution in [3.05, 3.63) is 29.3 Å². The van der Waals surface area contributed by atoms with Gasteiger partial charge in [-0.15, -0.1) is 0 Å². The van der Waals surface area contributed by atoms with Crippen LogP contribution in [0.1, 0.15) is 49.0 Å². The minimum atomic E-state index is -0.500. The molecule has 2 N–H and O–H groups in total. The van der Waals surface area contributed by atoms with Gasteiger partial charge in [-0.1, -0.05) is 26.0 Å². The zero-order chi connectivity index (χ0) is 14.0. The smallest absolute Gasteiger partial charge is 0.255 e. The lowest BCUT2D eigenvalue weighted by Crippen LogP contribution is -2.31. The minimum Gasteiger partial charge on any atom is -0.489 e. The van der Waals surface area contributed by atoms with Gasteiger partial charge >= 0.3 is 0 Å². The highest BCUT2D eigenvalue weighted by molar-refractivity contribution is 5.97. The standard InChI is InChI=1S/C15H21NO3/c1-4-11(17)8-16-15(18)13-7-5-6-12-9(2)10(3)19-14(12)13/h5-7,9-11,17H,4,8H2,1-3H3,(H,16,18). The number of benzene rings is 1. The van der Waals surface area contributed by atoms with E-state index in [9.17, 15) is 9.90 Å². The molecule has 2 rings (SSSR count). The first kappa shape index (κ1) is 13.9. The Bertz CT molecular complexity index is 472. The van der Waals surface area contributed by atoms with E-state index in [2.05, 4.69) is 12.2 Å². The van der Waals surface area contributed by atoms with Crippen LogP contribution < -0.4 is 10.1 Å². The number of fused-ring (bicyclic) bond motifs is 1. The number of ether oxygens (including phenoxy) is 1. The van der Waals surface area contributed by atoms with Crippen molar-refractivity contribution >= 4 is 5.91 Å². The van der Waals surface area contributed by atoms with Gasteiger partial charge < -0.3 is 15.2 Å². The third-order valence-corrected chi connectivity index (χ3v) is 3.76. The Labute approximate surface area is 113 Å². The van der Waals surface area contributed by atoms with Crippen molar-refractivity contribution in [3.8, 4) is 5.75 Å². The zero-order valence-electron chi connectivity index (χ0n) is 11.6. The van der Waals surface area contributed by atoms with Gasteiger partial charge in [-0.25, -0.2) is 0 Å². The van der Waals surface area contributed by atoms with Crippen LogP contribution in [0.4, 0.5) is 0 Å². The fourth-order valence-electron chi connectivity index (χ4n) is 2.21. The number of nitrogens with one attached hydrogen (secondary N) is 1. The van der Waals surface area contributed by atoms with Crippen LogP contribution in [-0.4, -0.2) is 29.8 Å². The van der Waals surface area contributed by atoms with Crippen molar-refractivity contribution in [1.82, 2.24) is 5.32 Å². The highest BCUT2D eigenvalue weighted by Gasteiger charge is 2.30. The number of rotatable bonds is 4. The number of amides is 1. The van der Waals surface area contributed by atoms with E-state index in [1.807, 2.05) is 26.0 Å². The zero-order valence-corrected chi connectivity index (χ0v) is 11.6. The fourth-order valence-corrected chi connectivity index (χ4v) is 2.21. The third kappa shape index (κ3) is 2.73. The van der Waals surface area contributed by atoms with E-state index < -0.39 is 6.10 Å². The van der Waals surface area contributed by atoms with Crippen molar-refractivity contribution in [3.63, 3.8) is 0 Å². The van der Waals surface area contributed by atoms with E-state index in [4.69, 9.17) is 4.74 Å². The van der Waals surface area contributed by atoms with Crippen molar-refractivity contribution in [2.24, 2.45) is 0 Å². The summed E-state index contributed by atoms with van der Waals surface area (Å²) in [5.41, 5.74) is 1.63. The third-order valence-electron chi connectivity index (χ3n) is 3.76. The lowest BCUT2D eigenvalue weighted by atomic mass is 9.97. The number of aliphatic hydroxyl groups is 1. The summed E-state index contributed by atoms with van der Waals surface area (Å²) in [5, 5.41) is 12.2.